The van der Waals surface area contributed by atoms with E-state index in [-0.39, 0.29) is 5.92 Å². The van der Waals surface area contributed by atoms with Crippen LogP contribution in [0.1, 0.15) is 31.7 Å². The van der Waals surface area contributed by atoms with Crippen molar-refractivity contribution in [2.45, 2.75) is 26.2 Å². The number of nitrogens with zero attached hydrogens (tertiary/aromatic N) is 1. The Labute approximate surface area is 155 Å². The van der Waals surface area contributed by atoms with Gasteiger partial charge in [-0.15, -0.1) is 0 Å². The summed E-state index contributed by atoms with van der Waals surface area (Å²) in [7, 11) is 0. The second-order valence-electron chi connectivity index (χ2n) is 5.56. The molecule has 0 aromatic heterocycles. The van der Waals surface area contributed by atoms with Gasteiger partial charge < -0.3 is 5.32 Å². The smallest absolute Gasteiger partial charge is 0.0676 e. The van der Waals surface area contributed by atoms with Crippen molar-refractivity contribution in [3.05, 3.63) is 70.2 Å². The predicted molar refractivity (Wildman–Crippen MR) is 104 cm³/mol. The van der Waals surface area contributed by atoms with Crippen molar-refractivity contribution in [1.29, 1.82) is 5.26 Å². The Morgan fingerprint density at radius 2 is 1.62 bits per heavy atom. The van der Waals surface area contributed by atoms with Gasteiger partial charge >= 0.3 is 0 Å². The van der Waals surface area contributed by atoms with Crippen LogP contribution in [0.25, 0.3) is 0 Å². The third-order valence-corrected chi connectivity index (χ3v) is 3.88. The molecule has 0 bridgehead atoms. The Hall–Kier alpha value is -1.53. The summed E-state index contributed by atoms with van der Waals surface area (Å²) in [4.78, 5) is 0. The molecule has 128 valence electrons. The third kappa shape index (κ3) is 7.36. The lowest BCUT2D eigenvalue weighted by atomic mass is 9.90. The Morgan fingerprint density at radius 1 is 1.00 bits per heavy atom. The Morgan fingerprint density at radius 3 is 2.12 bits per heavy atom. The molecule has 0 radical (unpaired) electrons. The zero-order valence-electron chi connectivity index (χ0n) is 14.2. The van der Waals surface area contributed by atoms with Gasteiger partial charge in [-0.2, -0.15) is 5.26 Å². The second kappa shape index (κ2) is 11.9. The first-order valence-electron chi connectivity index (χ1n) is 8.18. The molecule has 0 spiro atoms. The zero-order chi connectivity index (χ0) is 17.8. The van der Waals surface area contributed by atoms with Gasteiger partial charge in [-0.25, -0.2) is 0 Å². The van der Waals surface area contributed by atoms with E-state index in [1.807, 2.05) is 54.6 Å². The van der Waals surface area contributed by atoms with Crippen molar-refractivity contribution >= 4 is 23.2 Å². The molecule has 4 heteroatoms. The monoisotopic (exact) mass is 362 g/mol. The van der Waals surface area contributed by atoms with Crippen LogP contribution in [0, 0.1) is 17.2 Å². The molecule has 3 rings (SSSR count). The summed E-state index contributed by atoms with van der Waals surface area (Å²) < 4.78 is 0. The average molecular weight is 363 g/mol. The van der Waals surface area contributed by atoms with E-state index in [1.54, 1.807) is 0 Å². The third-order valence-electron chi connectivity index (χ3n) is 3.39. The number of benzene rings is 2. The SMILES string of the molecule is CCC.Clc1ccccc1.N#CC1CNCC1c1cccc(Cl)c1. The highest BCUT2D eigenvalue weighted by Crippen LogP contribution is 2.28. The summed E-state index contributed by atoms with van der Waals surface area (Å²) >= 11 is 11.5. The number of nitriles is 1. The van der Waals surface area contributed by atoms with Crippen molar-refractivity contribution in [3.63, 3.8) is 0 Å². The maximum Gasteiger partial charge on any atom is 0.0676 e. The first-order chi connectivity index (χ1) is 11.6. The molecule has 1 heterocycles. The molecule has 0 amide bonds. The first-order valence-corrected chi connectivity index (χ1v) is 8.94. The van der Waals surface area contributed by atoms with Gasteiger partial charge in [0.15, 0.2) is 0 Å². The number of nitrogens with one attached hydrogen (secondary N) is 1. The quantitative estimate of drug-likeness (QED) is 0.682. The topological polar surface area (TPSA) is 35.8 Å². The summed E-state index contributed by atoms with van der Waals surface area (Å²) in [6.45, 7) is 5.91. The fourth-order valence-electron chi connectivity index (χ4n) is 2.32. The molecule has 0 saturated carbocycles. The van der Waals surface area contributed by atoms with E-state index in [0.29, 0.717) is 5.92 Å². The minimum atomic E-state index is 0.0773. The van der Waals surface area contributed by atoms with Gasteiger partial charge in [-0.3, -0.25) is 0 Å². The molecule has 1 N–H and O–H groups in total. The van der Waals surface area contributed by atoms with Gasteiger partial charge in [0.25, 0.3) is 0 Å². The molecule has 0 aliphatic carbocycles. The fraction of sp³-hybridized carbons (Fsp3) is 0.350. The maximum absolute atomic E-state index is 8.94. The lowest BCUT2D eigenvalue weighted by Gasteiger charge is -2.12. The van der Waals surface area contributed by atoms with Crippen LogP contribution in [-0.4, -0.2) is 13.1 Å². The van der Waals surface area contributed by atoms with Crippen molar-refractivity contribution in [2.24, 2.45) is 5.92 Å². The van der Waals surface area contributed by atoms with Crippen molar-refractivity contribution in [1.82, 2.24) is 5.32 Å². The predicted octanol–water partition coefficient (Wildman–Crippen LogP) is 5.92. The summed E-state index contributed by atoms with van der Waals surface area (Å²) in [6.07, 6.45) is 1.25. The van der Waals surface area contributed by atoms with Crippen LogP contribution in [0.3, 0.4) is 0 Å². The standard InChI is InChI=1S/C11H11ClN2.C6H5Cl.C3H8/c12-10-3-1-2-8(4-10)11-7-14-6-9(11)5-13;7-6-4-2-1-3-5-6;1-3-2/h1-4,9,11,14H,6-7H2;1-5H;3H2,1-2H3. The van der Waals surface area contributed by atoms with Gasteiger partial charge in [0, 0.05) is 29.1 Å². The van der Waals surface area contributed by atoms with E-state index in [0.717, 1.165) is 28.7 Å². The van der Waals surface area contributed by atoms with E-state index in [9.17, 15) is 0 Å². The van der Waals surface area contributed by atoms with Crippen LogP contribution in [0.4, 0.5) is 0 Å². The number of hydrogen-bond acceptors (Lipinski definition) is 2. The Balaban J connectivity index is 0.000000241. The molecule has 1 saturated heterocycles. The maximum atomic E-state index is 8.94. The molecule has 1 fully saturated rings. The Kier molecular flexibility index (Phi) is 10.2. The average Bonchev–Trinajstić information content (AvgIpc) is 3.05. The van der Waals surface area contributed by atoms with E-state index in [2.05, 4.69) is 25.2 Å². The van der Waals surface area contributed by atoms with Gasteiger partial charge in [0.2, 0.25) is 0 Å². The molecular formula is C20H24Cl2N2. The van der Waals surface area contributed by atoms with E-state index < -0.39 is 0 Å². The minimum Gasteiger partial charge on any atom is -0.315 e. The van der Waals surface area contributed by atoms with Crippen LogP contribution < -0.4 is 5.32 Å². The normalized spacial score (nSPS) is 18.5. The van der Waals surface area contributed by atoms with Crippen LogP contribution in [0.5, 0.6) is 0 Å². The van der Waals surface area contributed by atoms with Crippen molar-refractivity contribution in [3.8, 4) is 6.07 Å². The van der Waals surface area contributed by atoms with Crippen LogP contribution in [0.2, 0.25) is 10.0 Å². The highest BCUT2D eigenvalue weighted by molar-refractivity contribution is 6.30. The number of hydrogen-bond donors (Lipinski definition) is 1. The molecule has 2 nitrogen and oxygen atoms in total. The molecule has 1 aliphatic heterocycles. The van der Waals surface area contributed by atoms with E-state index in [4.69, 9.17) is 28.5 Å². The van der Waals surface area contributed by atoms with Gasteiger partial charge in [0.1, 0.15) is 0 Å². The molecule has 2 unspecified atom stereocenters. The lowest BCUT2D eigenvalue weighted by molar-refractivity contribution is 0.646. The number of halogens is 2. The van der Waals surface area contributed by atoms with Gasteiger partial charge in [-0.1, -0.05) is 73.8 Å². The van der Waals surface area contributed by atoms with Gasteiger partial charge in [-0.05, 0) is 29.8 Å². The summed E-state index contributed by atoms with van der Waals surface area (Å²) in [6, 6.07) is 19.5. The molecule has 2 atom stereocenters. The van der Waals surface area contributed by atoms with Crippen LogP contribution >= 0.6 is 23.2 Å². The number of rotatable bonds is 1. The van der Waals surface area contributed by atoms with Crippen LogP contribution in [0.15, 0.2) is 54.6 Å². The highest BCUT2D eigenvalue weighted by atomic mass is 35.5. The first kappa shape index (κ1) is 20.5. The molecular weight excluding hydrogens is 339 g/mol. The van der Waals surface area contributed by atoms with Gasteiger partial charge in [0.05, 0.1) is 12.0 Å². The summed E-state index contributed by atoms with van der Waals surface area (Å²) in [5.74, 6) is 0.368. The molecule has 1 aliphatic rings. The van der Waals surface area contributed by atoms with Crippen molar-refractivity contribution in [2.75, 3.05) is 13.1 Å². The van der Waals surface area contributed by atoms with E-state index in [1.165, 1.54) is 6.42 Å². The largest absolute Gasteiger partial charge is 0.315 e. The van der Waals surface area contributed by atoms with Crippen molar-refractivity contribution < 1.29 is 0 Å². The highest BCUT2D eigenvalue weighted by Gasteiger charge is 2.28. The molecule has 24 heavy (non-hydrogen) atoms. The zero-order valence-corrected chi connectivity index (χ0v) is 15.7. The fourth-order valence-corrected chi connectivity index (χ4v) is 2.66. The Bertz CT molecular complexity index is 623. The molecule has 2 aromatic carbocycles. The summed E-state index contributed by atoms with van der Waals surface area (Å²) in [5, 5.41) is 13.7. The summed E-state index contributed by atoms with van der Waals surface area (Å²) in [5.41, 5.74) is 1.16. The van der Waals surface area contributed by atoms with Crippen LogP contribution in [-0.2, 0) is 0 Å². The van der Waals surface area contributed by atoms with E-state index >= 15 is 0 Å². The second-order valence-corrected chi connectivity index (χ2v) is 6.43. The minimum absolute atomic E-state index is 0.0773. The lowest BCUT2D eigenvalue weighted by Crippen LogP contribution is -2.08. The molecule has 2 aromatic rings.